The van der Waals surface area contributed by atoms with Crippen LogP contribution in [0.5, 0.6) is 5.75 Å². The fourth-order valence-electron chi connectivity index (χ4n) is 1.48. The molecule has 96 valence electrons. The Bertz CT molecular complexity index is 469. The Morgan fingerprint density at radius 1 is 1.61 bits per heavy atom. The summed E-state index contributed by atoms with van der Waals surface area (Å²) in [4.78, 5) is 11.9. The van der Waals surface area contributed by atoms with Gasteiger partial charge in [-0.1, -0.05) is 6.92 Å². The lowest BCUT2D eigenvalue weighted by Crippen LogP contribution is -2.34. The summed E-state index contributed by atoms with van der Waals surface area (Å²) in [5, 5.41) is 11.3. The fourth-order valence-corrected chi connectivity index (χ4v) is 1.48. The van der Waals surface area contributed by atoms with Crippen molar-refractivity contribution in [3.63, 3.8) is 0 Å². The van der Waals surface area contributed by atoms with E-state index in [4.69, 9.17) is 10.00 Å². The van der Waals surface area contributed by atoms with Crippen LogP contribution in [-0.2, 0) is 0 Å². The Balaban J connectivity index is 2.81. The van der Waals surface area contributed by atoms with Gasteiger partial charge in [0.2, 0.25) is 0 Å². The maximum Gasteiger partial charge on any atom is 0.251 e. The Labute approximate surface area is 105 Å². The SMILES string of the molecule is CCC(CC#N)NC(=O)c1ccc(F)c(OC)c1. The average molecular weight is 250 g/mol. The molecule has 0 aromatic heterocycles. The number of nitriles is 1. The van der Waals surface area contributed by atoms with Crippen LogP contribution in [-0.4, -0.2) is 19.1 Å². The average Bonchev–Trinajstić information content (AvgIpc) is 2.38. The van der Waals surface area contributed by atoms with Gasteiger partial charge in [-0.3, -0.25) is 4.79 Å². The number of benzene rings is 1. The first-order valence-corrected chi connectivity index (χ1v) is 5.63. The van der Waals surface area contributed by atoms with Gasteiger partial charge in [-0.15, -0.1) is 0 Å². The van der Waals surface area contributed by atoms with Crippen LogP contribution in [0.1, 0.15) is 30.1 Å². The molecular weight excluding hydrogens is 235 g/mol. The lowest BCUT2D eigenvalue weighted by Gasteiger charge is -2.14. The van der Waals surface area contributed by atoms with Gasteiger partial charge in [0, 0.05) is 11.6 Å². The van der Waals surface area contributed by atoms with E-state index < -0.39 is 5.82 Å². The summed E-state index contributed by atoms with van der Waals surface area (Å²) >= 11 is 0. The van der Waals surface area contributed by atoms with Gasteiger partial charge >= 0.3 is 0 Å². The molecule has 1 aromatic rings. The predicted octanol–water partition coefficient (Wildman–Crippen LogP) is 2.26. The first-order valence-electron chi connectivity index (χ1n) is 5.63. The molecule has 0 saturated carbocycles. The molecule has 0 bridgehead atoms. The van der Waals surface area contributed by atoms with E-state index in [1.54, 1.807) is 0 Å². The summed E-state index contributed by atoms with van der Waals surface area (Å²) in [7, 11) is 1.34. The lowest BCUT2D eigenvalue weighted by atomic mass is 10.1. The molecule has 0 aliphatic rings. The summed E-state index contributed by atoms with van der Waals surface area (Å²) in [6.07, 6.45) is 0.915. The molecule has 1 atom stereocenters. The van der Waals surface area contributed by atoms with Crippen molar-refractivity contribution >= 4 is 5.91 Å². The van der Waals surface area contributed by atoms with Crippen molar-refractivity contribution in [2.24, 2.45) is 0 Å². The molecule has 1 aromatic carbocycles. The number of ether oxygens (including phenoxy) is 1. The van der Waals surface area contributed by atoms with Gasteiger partial charge in [0.05, 0.1) is 19.6 Å². The molecule has 0 fully saturated rings. The molecule has 1 N–H and O–H groups in total. The molecule has 0 aliphatic heterocycles. The van der Waals surface area contributed by atoms with Crippen molar-refractivity contribution in [3.05, 3.63) is 29.6 Å². The molecule has 4 nitrogen and oxygen atoms in total. The zero-order valence-corrected chi connectivity index (χ0v) is 10.4. The number of rotatable bonds is 5. The predicted molar refractivity (Wildman–Crippen MR) is 64.7 cm³/mol. The maximum atomic E-state index is 13.2. The van der Waals surface area contributed by atoms with Gasteiger partial charge in [0.15, 0.2) is 11.6 Å². The highest BCUT2D eigenvalue weighted by Crippen LogP contribution is 2.18. The molecule has 18 heavy (non-hydrogen) atoms. The van der Waals surface area contributed by atoms with E-state index in [1.807, 2.05) is 13.0 Å². The molecule has 1 unspecified atom stereocenters. The van der Waals surface area contributed by atoms with Gasteiger partial charge in [-0.05, 0) is 24.6 Å². The topological polar surface area (TPSA) is 62.1 Å². The highest BCUT2D eigenvalue weighted by molar-refractivity contribution is 5.94. The van der Waals surface area contributed by atoms with Gasteiger partial charge in [0.1, 0.15) is 0 Å². The summed E-state index contributed by atoms with van der Waals surface area (Å²) in [5.41, 5.74) is 0.310. The first-order chi connectivity index (χ1) is 8.62. The molecule has 5 heteroatoms. The first kappa shape index (κ1) is 14.0. The van der Waals surface area contributed by atoms with Crippen molar-refractivity contribution in [2.45, 2.75) is 25.8 Å². The Hall–Kier alpha value is -2.09. The zero-order valence-electron chi connectivity index (χ0n) is 10.4. The second kappa shape index (κ2) is 6.60. The van der Waals surface area contributed by atoms with Gasteiger partial charge in [-0.25, -0.2) is 4.39 Å². The molecule has 1 amide bonds. The number of amides is 1. The molecule has 1 rings (SSSR count). The number of hydrogen-bond donors (Lipinski definition) is 1. The number of carbonyl (C=O) groups excluding carboxylic acids is 1. The van der Waals surface area contributed by atoms with E-state index in [-0.39, 0.29) is 24.1 Å². The van der Waals surface area contributed by atoms with Crippen LogP contribution >= 0.6 is 0 Å². The maximum absolute atomic E-state index is 13.2. The van der Waals surface area contributed by atoms with E-state index in [1.165, 1.54) is 25.3 Å². The second-order valence-electron chi connectivity index (χ2n) is 3.79. The third-order valence-corrected chi connectivity index (χ3v) is 2.58. The summed E-state index contributed by atoms with van der Waals surface area (Å²) in [5.74, 6) is -0.829. The highest BCUT2D eigenvalue weighted by atomic mass is 19.1. The molecule has 0 radical (unpaired) electrons. The van der Waals surface area contributed by atoms with Gasteiger partial charge in [0.25, 0.3) is 5.91 Å². The molecule has 0 heterocycles. The normalized spacial score (nSPS) is 11.4. The second-order valence-corrected chi connectivity index (χ2v) is 3.79. The van der Waals surface area contributed by atoms with Crippen LogP contribution in [0.4, 0.5) is 4.39 Å². The van der Waals surface area contributed by atoms with E-state index in [0.29, 0.717) is 12.0 Å². The van der Waals surface area contributed by atoms with Crippen molar-refractivity contribution in [1.29, 1.82) is 5.26 Å². The van der Waals surface area contributed by atoms with Gasteiger partial charge < -0.3 is 10.1 Å². The van der Waals surface area contributed by atoms with Crippen LogP contribution in [0.25, 0.3) is 0 Å². The largest absolute Gasteiger partial charge is 0.494 e. The standard InChI is InChI=1S/C13H15FN2O2/c1-3-10(6-7-15)16-13(17)9-4-5-11(14)12(8-9)18-2/h4-5,8,10H,3,6H2,1-2H3,(H,16,17). The number of nitrogens with zero attached hydrogens (tertiary/aromatic N) is 1. The molecule has 0 saturated heterocycles. The van der Waals surface area contributed by atoms with Gasteiger partial charge in [-0.2, -0.15) is 5.26 Å². The van der Waals surface area contributed by atoms with Crippen molar-refractivity contribution in [2.75, 3.05) is 7.11 Å². The molecule has 0 spiro atoms. The van der Waals surface area contributed by atoms with Crippen LogP contribution < -0.4 is 10.1 Å². The smallest absolute Gasteiger partial charge is 0.251 e. The lowest BCUT2D eigenvalue weighted by molar-refractivity contribution is 0.0936. The highest BCUT2D eigenvalue weighted by Gasteiger charge is 2.13. The van der Waals surface area contributed by atoms with Crippen LogP contribution in [0.2, 0.25) is 0 Å². The Morgan fingerprint density at radius 2 is 2.33 bits per heavy atom. The van der Waals surface area contributed by atoms with E-state index in [0.717, 1.165) is 0 Å². The van der Waals surface area contributed by atoms with Crippen molar-refractivity contribution in [3.8, 4) is 11.8 Å². The zero-order chi connectivity index (χ0) is 13.5. The minimum atomic E-state index is -0.516. The summed E-state index contributed by atoms with van der Waals surface area (Å²) < 4.78 is 18.0. The van der Waals surface area contributed by atoms with E-state index in [9.17, 15) is 9.18 Å². The summed E-state index contributed by atoms with van der Waals surface area (Å²) in [6, 6.07) is 5.71. The minimum Gasteiger partial charge on any atom is -0.494 e. The van der Waals surface area contributed by atoms with Crippen LogP contribution in [0.15, 0.2) is 18.2 Å². The molecular formula is C13H15FN2O2. The summed E-state index contributed by atoms with van der Waals surface area (Å²) in [6.45, 7) is 1.88. The van der Waals surface area contributed by atoms with Crippen molar-refractivity contribution in [1.82, 2.24) is 5.32 Å². The minimum absolute atomic E-state index is 0.0241. The third kappa shape index (κ3) is 3.45. The Morgan fingerprint density at radius 3 is 2.89 bits per heavy atom. The van der Waals surface area contributed by atoms with Crippen molar-refractivity contribution < 1.29 is 13.9 Å². The number of halogens is 1. The number of hydrogen-bond acceptors (Lipinski definition) is 3. The number of nitrogens with one attached hydrogen (secondary N) is 1. The van der Waals surface area contributed by atoms with E-state index in [2.05, 4.69) is 5.32 Å². The Kier molecular flexibility index (Phi) is 5.12. The number of carbonyl (C=O) groups is 1. The van der Waals surface area contributed by atoms with Crippen LogP contribution in [0, 0.1) is 17.1 Å². The number of methoxy groups -OCH3 is 1. The monoisotopic (exact) mass is 250 g/mol. The third-order valence-electron chi connectivity index (χ3n) is 2.58. The fraction of sp³-hybridized carbons (Fsp3) is 0.385. The quantitative estimate of drug-likeness (QED) is 0.871. The van der Waals surface area contributed by atoms with Crippen LogP contribution in [0.3, 0.4) is 0 Å². The molecule has 0 aliphatic carbocycles. The van der Waals surface area contributed by atoms with E-state index >= 15 is 0 Å².